The molecule has 3 aromatic carbocycles. The molecule has 0 N–H and O–H groups in total. The number of alkyl halides is 2. The van der Waals surface area contributed by atoms with E-state index in [1.165, 1.54) is 33.1 Å². The van der Waals surface area contributed by atoms with E-state index >= 15 is 8.78 Å². The molecule has 2 unspecified atom stereocenters. The number of halogens is 2. The van der Waals surface area contributed by atoms with Crippen LogP contribution in [0.4, 0.5) is 8.78 Å². The molecule has 0 aliphatic heterocycles. The molecular weight excluding hydrogens is 623 g/mol. The fourth-order valence-corrected chi connectivity index (χ4v) is 15.6. The monoisotopic (exact) mass is 668 g/mol. The number of rotatable bonds is 12. The van der Waals surface area contributed by atoms with Gasteiger partial charge < -0.3 is 4.74 Å². The van der Waals surface area contributed by atoms with Gasteiger partial charge in [0.05, 0.1) is 11.4 Å². The number of benzene rings is 3. The highest BCUT2D eigenvalue weighted by Gasteiger charge is 2.63. The average molecular weight is 669 g/mol. The minimum atomic E-state index is -5.38. The quantitative estimate of drug-likeness (QED) is 0.180. The van der Waals surface area contributed by atoms with Crippen molar-refractivity contribution in [2.45, 2.75) is 90.4 Å². The fourth-order valence-electron chi connectivity index (χ4n) is 9.25. The Bertz CT molecular complexity index is 1510. The Balaban J connectivity index is 1.30. The van der Waals surface area contributed by atoms with Crippen molar-refractivity contribution in [3.8, 4) is 0 Å². The molecule has 0 spiro atoms. The van der Waals surface area contributed by atoms with E-state index in [0.29, 0.717) is 23.7 Å². The Hall–Kier alpha value is -2.71. The lowest BCUT2D eigenvalue weighted by Gasteiger charge is -2.60. The molecule has 7 rings (SSSR count). The summed E-state index contributed by atoms with van der Waals surface area (Å²) in [6, 6.07) is 28.5. The fraction of sp³-hybridized carbons (Fsp3) is 0.500. The van der Waals surface area contributed by atoms with E-state index in [-0.39, 0.29) is 17.8 Å². The van der Waals surface area contributed by atoms with Crippen molar-refractivity contribution < 1.29 is 26.7 Å². The van der Waals surface area contributed by atoms with Crippen LogP contribution in [0.2, 0.25) is 0 Å². The second-order valence-corrected chi connectivity index (χ2v) is 20.4. The van der Waals surface area contributed by atoms with Crippen LogP contribution in [0.25, 0.3) is 0 Å². The van der Waals surface area contributed by atoms with Gasteiger partial charge in [-0.05, 0) is 121 Å². The van der Waals surface area contributed by atoms with Gasteiger partial charge in [-0.15, -0.1) is 0 Å². The van der Waals surface area contributed by atoms with Gasteiger partial charge in [0.15, 0.2) is 0 Å². The number of hydrogen-bond donors (Lipinski definition) is 0. The van der Waals surface area contributed by atoms with Gasteiger partial charge in [-0.3, -0.25) is 0 Å². The third kappa shape index (κ3) is 5.61. The Morgan fingerprint density at radius 1 is 0.804 bits per heavy atom. The van der Waals surface area contributed by atoms with E-state index in [1.54, 1.807) is 0 Å². The molecule has 248 valence electrons. The highest BCUT2D eigenvalue weighted by Crippen LogP contribution is 2.70. The lowest BCUT2D eigenvalue weighted by atomic mass is 9.46. The van der Waals surface area contributed by atoms with Crippen molar-refractivity contribution in [1.29, 1.82) is 0 Å². The Morgan fingerprint density at radius 2 is 1.26 bits per heavy atom. The minimum Gasteiger partial charge on any atom is -0.460 e. The van der Waals surface area contributed by atoms with Gasteiger partial charge >= 0.3 is 11.2 Å². The first-order valence-electron chi connectivity index (χ1n) is 16.6. The van der Waals surface area contributed by atoms with Crippen LogP contribution in [0.3, 0.4) is 0 Å². The predicted molar refractivity (Wildman–Crippen MR) is 180 cm³/mol. The summed E-state index contributed by atoms with van der Waals surface area (Å²) >= 11 is 0. The maximum absolute atomic E-state index is 16.1. The molecule has 3 aromatic rings. The van der Waals surface area contributed by atoms with Crippen LogP contribution in [-0.4, -0.2) is 36.7 Å². The summed E-state index contributed by atoms with van der Waals surface area (Å²) in [6.45, 7) is 4.73. The predicted octanol–water partition coefficient (Wildman–Crippen LogP) is 9.54. The van der Waals surface area contributed by atoms with Gasteiger partial charge in [0.2, 0.25) is 9.84 Å². The van der Waals surface area contributed by atoms with Gasteiger partial charge in [0.25, 0.3) is 0 Å². The molecule has 2 atom stereocenters. The second-order valence-electron chi connectivity index (χ2n) is 14.6. The molecule has 46 heavy (non-hydrogen) atoms. The van der Waals surface area contributed by atoms with E-state index < -0.39 is 35.8 Å². The number of carbonyl (C=O) groups is 1. The summed E-state index contributed by atoms with van der Waals surface area (Å²) in [5, 5.41) is -4.70. The summed E-state index contributed by atoms with van der Waals surface area (Å²) in [5.41, 5.74) is -0.320. The number of sulfone groups is 1. The molecule has 4 saturated carbocycles. The van der Waals surface area contributed by atoms with E-state index in [1.807, 2.05) is 91.0 Å². The normalized spacial score (nSPS) is 26.5. The van der Waals surface area contributed by atoms with Gasteiger partial charge in [-0.2, -0.15) is 18.8 Å². The first-order valence-corrected chi connectivity index (χ1v) is 19.9. The first-order chi connectivity index (χ1) is 21.9. The number of carbonyl (C=O) groups excluding carboxylic acids is 1. The summed E-state index contributed by atoms with van der Waals surface area (Å²) in [6.07, 6.45) is 7.27. The van der Waals surface area contributed by atoms with Gasteiger partial charge in [-0.25, -0.2) is 13.2 Å². The SMILES string of the molecule is CCCC1C2CC3CC1CC(COC(=O)C(F)(F)S(=O)(=O)C(C)(C)CS(c1ccccc1)(c1ccccc1)c1ccccc1)(C3)C2. The smallest absolute Gasteiger partial charge is 0.440 e. The van der Waals surface area contributed by atoms with Crippen molar-refractivity contribution in [2.24, 2.45) is 29.1 Å². The van der Waals surface area contributed by atoms with Crippen LogP contribution in [-0.2, 0) is 19.4 Å². The highest BCUT2D eigenvalue weighted by molar-refractivity contribution is 8.34. The van der Waals surface area contributed by atoms with Crippen molar-refractivity contribution in [2.75, 3.05) is 12.4 Å². The molecule has 0 radical (unpaired) electrons. The Kier molecular flexibility index (Phi) is 8.94. The summed E-state index contributed by atoms with van der Waals surface area (Å²) in [7, 11) is -7.75. The van der Waals surface area contributed by atoms with Gasteiger partial charge in [-0.1, -0.05) is 74.4 Å². The molecule has 4 nitrogen and oxygen atoms in total. The van der Waals surface area contributed by atoms with Gasteiger partial charge in [0, 0.05) is 11.2 Å². The van der Waals surface area contributed by atoms with E-state index in [9.17, 15) is 13.2 Å². The molecular formula is C38H46F2O4S2. The van der Waals surface area contributed by atoms with Crippen LogP contribution < -0.4 is 0 Å². The first kappa shape index (κ1) is 33.2. The van der Waals surface area contributed by atoms with Crippen LogP contribution in [0.5, 0.6) is 0 Å². The molecule has 4 bridgehead atoms. The van der Waals surface area contributed by atoms with Gasteiger partial charge in [0.1, 0.15) is 0 Å². The van der Waals surface area contributed by atoms with Crippen LogP contribution in [0.1, 0.15) is 65.7 Å². The molecule has 4 fully saturated rings. The summed E-state index contributed by atoms with van der Waals surface area (Å²) in [4.78, 5) is 15.8. The molecule has 0 heterocycles. The highest BCUT2D eigenvalue weighted by atomic mass is 32.3. The standard InChI is InChI=1S/C38H46F2O4S2/c1-4-14-34-29-21-28-22-30(34)25-37(23-28,24-29)26-44-35(41)38(39,40)46(42,43)36(2,3)27-45(31-15-8-5-9-16-31,32-17-10-6-11-18-32)33-19-12-7-13-20-33/h5-13,15-20,28-30,34H,4,14,21-27H2,1-3H3. The van der Waals surface area contributed by atoms with E-state index in [0.717, 1.165) is 40.4 Å². The van der Waals surface area contributed by atoms with Crippen LogP contribution in [0.15, 0.2) is 106 Å². The lowest BCUT2D eigenvalue weighted by Crippen LogP contribution is -2.54. The minimum absolute atomic E-state index is 0.132. The maximum atomic E-state index is 16.1. The van der Waals surface area contributed by atoms with Crippen LogP contribution in [0, 0.1) is 29.1 Å². The maximum Gasteiger partial charge on any atom is 0.440 e. The molecule has 4 aliphatic carbocycles. The number of esters is 1. The molecule has 0 saturated heterocycles. The zero-order valence-electron chi connectivity index (χ0n) is 27.0. The lowest BCUT2D eigenvalue weighted by molar-refractivity contribution is -0.175. The van der Waals surface area contributed by atoms with Crippen molar-refractivity contribution >= 4 is 25.8 Å². The molecule has 0 amide bonds. The molecule has 8 heteroatoms. The average Bonchev–Trinajstić information content (AvgIpc) is 3.05. The Morgan fingerprint density at radius 3 is 1.70 bits per heavy atom. The summed E-state index contributed by atoms with van der Waals surface area (Å²) in [5.74, 6) is 0.196. The second kappa shape index (κ2) is 12.4. The van der Waals surface area contributed by atoms with Crippen LogP contribution >= 0.6 is 10.0 Å². The topological polar surface area (TPSA) is 60.4 Å². The number of hydrogen-bond acceptors (Lipinski definition) is 4. The molecule has 0 aromatic heterocycles. The largest absolute Gasteiger partial charge is 0.460 e. The van der Waals surface area contributed by atoms with Crippen molar-refractivity contribution in [3.63, 3.8) is 0 Å². The number of ether oxygens (including phenoxy) is 1. The van der Waals surface area contributed by atoms with E-state index in [2.05, 4.69) is 6.92 Å². The summed E-state index contributed by atoms with van der Waals surface area (Å²) < 4.78 is 63.8. The van der Waals surface area contributed by atoms with E-state index in [4.69, 9.17) is 4.74 Å². The van der Waals surface area contributed by atoms with Crippen molar-refractivity contribution in [3.05, 3.63) is 91.0 Å². The third-order valence-corrected chi connectivity index (χ3v) is 18.0. The Labute approximate surface area is 274 Å². The zero-order chi connectivity index (χ0) is 32.8. The van der Waals surface area contributed by atoms with Crippen molar-refractivity contribution in [1.82, 2.24) is 0 Å². The zero-order valence-corrected chi connectivity index (χ0v) is 28.7. The third-order valence-electron chi connectivity index (χ3n) is 11.0. The molecule has 4 aliphatic rings.